The first-order valence-corrected chi connectivity index (χ1v) is 12.1. The largest absolute Gasteiger partial charge is 0.362 e. The van der Waals surface area contributed by atoms with Crippen LogP contribution in [0.4, 0.5) is 5.69 Å². The first-order chi connectivity index (χ1) is 16.5. The number of carbonyl (C=O) groups excluding carboxylic acids is 2. The summed E-state index contributed by atoms with van der Waals surface area (Å²) in [5.74, 6) is -0.504. The van der Waals surface area contributed by atoms with Crippen LogP contribution in [0.2, 0.25) is 0 Å². The van der Waals surface area contributed by atoms with E-state index < -0.39 is 5.92 Å². The Labute approximate surface area is 207 Å². The average Bonchev–Trinajstić information content (AvgIpc) is 2.84. The van der Waals surface area contributed by atoms with Crippen LogP contribution in [0, 0.1) is 0 Å². The van der Waals surface area contributed by atoms with Gasteiger partial charge in [-0.15, -0.1) is 0 Å². The van der Waals surface area contributed by atoms with Gasteiger partial charge >= 0.3 is 0 Å². The molecule has 0 fully saturated rings. The second-order valence-electron chi connectivity index (χ2n) is 8.68. The number of benzene rings is 2. The quantitative estimate of drug-likeness (QED) is 0.459. The molecule has 5 nitrogen and oxygen atoms in total. The van der Waals surface area contributed by atoms with Crippen LogP contribution in [0.3, 0.4) is 0 Å². The maximum Gasteiger partial charge on any atom is 0.254 e. The minimum Gasteiger partial charge on any atom is -0.362 e. The van der Waals surface area contributed by atoms with Gasteiger partial charge in [-0.1, -0.05) is 58.4 Å². The molecule has 0 saturated carbocycles. The van der Waals surface area contributed by atoms with E-state index in [9.17, 15) is 9.59 Å². The Balaban J connectivity index is 1.57. The molecule has 5 rings (SSSR count). The molecule has 0 spiro atoms. The Kier molecular flexibility index (Phi) is 6.16. The highest BCUT2D eigenvalue weighted by Crippen LogP contribution is 2.46. The van der Waals surface area contributed by atoms with Gasteiger partial charge in [0.15, 0.2) is 5.78 Å². The van der Waals surface area contributed by atoms with Gasteiger partial charge in [-0.25, -0.2) is 0 Å². The van der Waals surface area contributed by atoms with Crippen molar-refractivity contribution < 1.29 is 9.59 Å². The van der Waals surface area contributed by atoms with Crippen molar-refractivity contribution in [2.75, 3.05) is 5.32 Å². The van der Waals surface area contributed by atoms with Crippen LogP contribution in [0.5, 0.6) is 0 Å². The number of halogens is 1. The lowest BCUT2D eigenvalue weighted by atomic mass is 9.71. The highest BCUT2D eigenvalue weighted by molar-refractivity contribution is 9.10. The Morgan fingerprint density at radius 3 is 2.56 bits per heavy atom. The number of ketones is 1. The number of allylic oxidation sites excluding steroid dienone is 3. The molecule has 6 heteroatoms. The predicted octanol–water partition coefficient (Wildman–Crippen LogP) is 5.84. The molecular weight excluding hydrogens is 490 g/mol. The van der Waals surface area contributed by atoms with E-state index in [1.165, 1.54) is 0 Å². The minimum atomic E-state index is -0.449. The van der Waals surface area contributed by atoms with Crippen LogP contribution in [-0.2, 0) is 9.59 Å². The van der Waals surface area contributed by atoms with E-state index in [1.54, 1.807) is 24.5 Å². The fraction of sp³-hybridized carbons (Fsp3) is 0.179. The maximum atomic E-state index is 13.6. The highest BCUT2D eigenvalue weighted by Gasteiger charge is 2.40. The zero-order valence-electron chi connectivity index (χ0n) is 18.7. The molecule has 2 aromatic carbocycles. The number of Topliss-reactive ketones (excluding diaryl/α,β-unsaturated/α-hetero) is 1. The van der Waals surface area contributed by atoms with Gasteiger partial charge < -0.3 is 10.6 Å². The number of nitrogens with one attached hydrogen (secondary N) is 2. The van der Waals surface area contributed by atoms with Crippen molar-refractivity contribution in [3.05, 3.63) is 117 Å². The smallest absolute Gasteiger partial charge is 0.254 e. The molecule has 2 N–H and O–H groups in total. The van der Waals surface area contributed by atoms with Gasteiger partial charge in [0.05, 0.1) is 11.9 Å². The Morgan fingerprint density at radius 2 is 1.82 bits per heavy atom. The van der Waals surface area contributed by atoms with E-state index in [0.717, 1.165) is 33.4 Å². The second-order valence-corrected chi connectivity index (χ2v) is 9.59. The fourth-order valence-corrected chi connectivity index (χ4v) is 5.37. The van der Waals surface area contributed by atoms with Crippen molar-refractivity contribution in [2.24, 2.45) is 0 Å². The predicted molar refractivity (Wildman–Crippen MR) is 136 cm³/mol. The molecule has 2 heterocycles. The summed E-state index contributed by atoms with van der Waals surface area (Å²) < 4.78 is 0.903. The summed E-state index contributed by atoms with van der Waals surface area (Å²) in [7, 11) is 0. The highest BCUT2D eigenvalue weighted by atomic mass is 79.9. The zero-order valence-corrected chi connectivity index (χ0v) is 20.3. The van der Waals surface area contributed by atoms with Gasteiger partial charge in [0, 0.05) is 45.5 Å². The van der Waals surface area contributed by atoms with E-state index >= 15 is 0 Å². The minimum absolute atomic E-state index is 0.0757. The summed E-state index contributed by atoms with van der Waals surface area (Å²) in [6.07, 6.45) is 4.42. The molecule has 2 unspecified atom stereocenters. The number of dihydropyridines is 1. The lowest BCUT2D eigenvalue weighted by Gasteiger charge is -2.37. The first-order valence-electron chi connectivity index (χ1n) is 11.3. The number of aromatic nitrogens is 1. The van der Waals surface area contributed by atoms with Gasteiger partial charge in [0.25, 0.3) is 5.91 Å². The van der Waals surface area contributed by atoms with Crippen molar-refractivity contribution >= 4 is 33.3 Å². The normalized spacial score (nSPS) is 20.0. The van der Waals surface area contributed by atoms with Gasteiger partial charge in [0.2, 0.25) is 0 Å². The molecule has 2 atom stereocenters. The maximum absolute atomic E-state index is 13.6. The van der Waals surface area contributed by atoms with Crippen LogP contribution in [0.25, 0.3) is 0 Å². The molecule has 0 saturated heterocycles. The average molecular weight is 514 g/mol. The Morgan fingerprint density at radius 1 is 1.03 bits per heavy atom. The number of hydrogen-bond acceptors (Lipinski definition) is 4. The summed E-state index contributed by atoms with van der Waals surface area (Å²) >= 11 is 3.56. The van der Waals surface area contributed by atoms with Crippen molar-refractivity contribution in [2.45, 2.75) is 31.6 Å². The van der Waals surface area contributed by atoms with Crippen molar-refractivity contribution in [3.63, 3.8) is 0 Å². The summed E-state index contributed by atoms with van der Waals surface area (Å²) in [5, 5.41) is 6.39. The summed E-state index contributed by atoms with van der Waals surface area (Å²) in [4.78, 5) is 31.3. The lowest BCUT2D eigenvalue weighted by molar-refractivity contribution is -0.116. The standard InChI is InChI=1S/C28H24BrN3O2/c1-17-25(28(34)32-22-11-6-12-30-16-22)26(19-9-5-10-21(29)13-19)27-23(31-17)14-20(15-24(27)33)18-7-3-2-4-8-18/h2-13,16,20,26,31H,14-15H2,1H3,(H,32,34). The summed E-state index contributed by atoms with van der Waals surface area (Å²) in [5.41, 5.74) is 5.58. The fourth-order valence-electron chi connectivity index (χ4n) is 4.96. The summed E-state index contributed by atoms with van der Waals surface area (Å²) in [6, 6.07) is 21.6. The SMILES string of the molecule is CC1=C(C(=O)Nc2cccnc2)C(c2cccc(Br)c2)C2=C(CC(c3ccccc3)CC2=O)N1. The van der Waals surface area contributed by atoms with Gasteiger partial charge in [0.1, 0.15) is 0 Å². The van der Waals surface area contributed by atoms with E-state index in [0.29, 0.717) is 23.3 Å². The molecule has 0 radical (unpaired) electrons. The lowest BCUT2D eigenvalue weighted by Crippen LogP contribution is -2.37. The van der Waals surface area contributed by atoms with E-state index in [4.69, 9.17) is 0 Å². The molecule has 0 bridgehead atoms. The number of nitrogens with zero attached hydrogens (tertiary/aromatic N) is 1. The molecule has 170 valence electrons. The number of rotatable bonds is 4. The zero-order chi connectivity index (χ0) is 23.7. The summed E-state index contributed by atoms with van der Waals surface area (Å²) in [6.45, 7) is 1.91. The third kappa shape index (κ3) is 4.33. The van der Waals surface area contributed by atoms with Gasteiger partial charge in [-0.3, -0.25) is 14.6 Å². The van der Waals surface area contributed by atoms with Crippen molar-refractivity contribution in [1.29, 1.82) is 0 Å². The Bertz CT molecular complexity index is 1320. The van der Waals surface area contributed by atoms with Gasteiger partial charge in [-0.05, 0) is 54.7 Å². The molecule has 1 aliphatic carbocycles. The molecule has 1 aromatic heterocycles. The Hall–Kier alpha value is -3.51. The van der Waals surface area contributed by atoms with Crippen LogP contribution in [0.1, 0.15) is 42.7 Å². The number of amides is 1. The molecule has 3 aromatic rings. The van der Waals surface area contributed by atoms with Crippen LogP contribution >= 0.6 is 15.9 Å². The van der Waals surface area contributed by atoms with Crippen LogP contribution < -0.4 is 10.6 Å². The second kappa shape index (κ2) is 9.39. The van der Waals surface area contributed by atoms with Crippen LogP contribution in [-0.4, -0.2) is 16.7 Å². The first kappa shape index (κ1) is 22.3. The molecule has 2 aliphatic rings. The van der Waals surface area contributed by atoms with Gasteiger partial charge in [-0.2, -0.15) is 0 Å². The molecule has 34 heavy (non-hydrogen) atoms. The number of pyridine rings is 1. The monoisotopic (exact) mass is 513 g/mol. The molecular formula is C28H24BrN3O2. The molecule has 1 aliphatic heterocycles. The number of carbonyl (C=O) groups is 2. The third-order valence-electron chi connectivity index (χ3n) is 6.44. The van der Waals surface area contributed by atoms with Crippen molar-refractivity contribution in [1.82, 2.24) is 10.3 Å². The number of hydrogen-bond donors (Lipinski definition) is 2. The topological polar surface area (TPSA) is 71.1 Å². The number of anilines is 1. The third-order valence-corrected chi connectivity index (χ3v) is 6.94. The van der Waals surface area contributed by atoms with E-state index in [-0.39, 0.29) is 17.6 Å². The van der Waals surface area contributed by atoms with Crippen LogP contribution in [0.15, 0.2) is 106 Å². The van der Waals surface area contributed by atoms with E-state index in [1.807, 2.05) is 49.4 Å². The molecule has 1 amide bonds. The van der Waals surface area contributed by atoms with Crippen molar-refractivity contribution in [3.8, 4) is 0 Å². The van der Waals surface area contributed by atoms with E-state index in [2.05, 4.69) is 43.7 Å².